The Balaban J connectivity index is 1.93. The summed E-state index contributed by atoms with van der Waals surface area (Å²) >= 11 is 1.49. The van der Waals surface area contributed by atoms with Gasteiger partial charge in [0.25, 0.3) is 0 Å². The molecule has 3 rings (SSSR count). The van der Waals surface area contributed by atoms with E-state index < -0.39 is 12.8 Å². The molecular formula is C17H13F3O2S. The summed E-state index contributed by atoms with van der Waals surface area (Å²) in [5.74, 6) is 0.968. The smallest absolute Gasteiger partial charge is 0.422 e. The van der Waals surface area contributed by atoms with Gasteiger partial charge in [0.1, 0.15) is 11.5 Å². The lowest BCUT2D eigenvalue weighted by molar-refractivity contribution is -0.153. The molecule has 0 aliphatic rings. The summed E-state index contributed by atoms with van der Waals surface area (Å²) in [4.78, 5) is 0.991. The molecule has 1 heterocycles. The summed E-state index contributed by atoms with van der Waals surface area (Å²) in [5.41, 5.74) is 0.953. The Labute approximate surface area is 135 Å². The largest absolute Gasteiger partial charge is 0.496 e. The Kier molecular flexibility index (Phi) is 4.17. The van der Waals surface area contributed by atoms with Gasteiger partial charge in [-0.3, -0.25) is 0 Å². The Hall–Kier alpha value is -2.21. The first kappa shape index (κ1) is 15.7. The van der Waals surface area contributed by atoms with Crippen LogP contribution in [0.15, 0.2) is 48.5 Å². The normalized spacial score (nSPS) is 11.7. The fourth-order valence-corrected chi connectivity index (χ4v) is 3.37. The van der Waals surface area contributed by atoms with Crippen molar-refractivity contribution in [2.75, 3.05) is 13.7 Å². The Morgan fingerprint density at radius 2 is 1.83 bits per heavy atom. The van der Waals surface area contributed by atoms with Gasteiger partial charge in [0.05, 0.1) is 7.11 Å². The lowest BCUT2D eigenvalue weighted by Gasteiger charge is -2.08. The van der Waals surface area contributed by atoms with Crippen LogP contribution in [0, 0.1) is 0 Å². The Bertz CT molecular complexity index is 824. The number of para-hydroxylation sites is 1. The second kappa shape index (κ2) is 6.12. The van der Waals surface area contributed by atoms with E-state index in [1.54, 1.807) is 25.3 Å². The van der Waals surface area contributed by atoms with Crippen molar-refractivity contribution in [1.82, 2.24) is 0 Å². The second-order valence-corrected chi connectivity index (χ2v) is 6.00. The SMILES string of the molecule is COc1ccccc1-c1cc2ccc(OCC(F)(F)F)cc2s1. The first-order chi connectivity index (χ1) is 11.0. The lowest BCUT2D eigenvalue weighted by Crippen LogP contribution is -2.19. The highest BCUT2D eigenvalue weighted by Gasteiger charge is 2.28. The third kappa shape index (κ3) is 3.59. The molecule has 2 nitrogen and oxygen atoms in total. The number of thiophene rings is 1. The second-order valence-electron chi connectivity index (χ2n) is 4.91. The molecule has 0 N–H and O–H groups in total. The van der Waals surface area contributed by atoms with Crippen LogP contribution in [-0.2, 0) is 0 Å². The van der Waals surface area contributed by atoms with E-state index >= 15 is 0 Å². The van der Waals surface area contributed by atoms with E-state index in [0.717, 1.165) is 26.3 Å². The van der Waals surface area contributed by atoms with Crippen LogP contribution in [0.3, 0.4) is 0 Å². The molecule has 0 saturated carbocycles. The van der Waals surface area contributed by atoms with E-state index in [1.165, 1.54) is 11.3 Å². The molecule has 0 aliphatic carbocycles. The van der Waals surface area contributed by atoms with Gasteiger partial charge in [-0.05, 0) is 41.8 Å². The van der Waals surface area contributed by atoms with Crippen molar-refractivity contribution in [3.05, 3.63) is 48.5 Å². The molecule has 120 valence electrons. The monoisotopic (exact) mass is 338 g/mol. The van der Waals surface area contributed by atoms with Gasteiger partial charge in [0, 0.05) is 15.1 Å². The van der Waals surface area contributed by atoms with Gasteiger partial charge in [0.2, 0.25) is 0 Å². The van der Waals surface area contributed by atoms with E-state index in [0.29, 0.717) is 0 Å². The number of rotatable bonds is 4. The minimum atomic E-state index is -4.34. The minimum Gasteiger partial charge on any atom is -0.496 e. The molecular weight excluding hydrogens is 325 g/mol. The fourth-order valence-electron chi connectivity index (χ4n) is 2.25. The van der Waals surface area contributed by atoms with Crippen molar-refractivity contribution in [2.45, 2.75) is 6.18 Å². The van der Waals surface area contributed by atoms with Gasteiger partial charge in [-0.15, -0.1) is 11.3 Å². The topological polar surface area (TPSA) is 18.5 Å². The van der Waals surface area contributed by atoms with E-state index in [1.807, 2.05) is 30.3 Å². The van der Waals surface area contributed by atoms with Crippen molar-refractivity contribution in [2.24, 2.45) is 0 Å². The predicted molar refractivity (Wildman–Crippen MR) is 85.4 cm³/mol. The molecule has 3 aromatic rings. The van der Waals surface area contributed by atoms with Crippen LogP contribution >= 0.6 is 11.3 Å². The molecule has 0 spiro atoms. The van der Waals surface area contributed by atoms with E-state index in [-0.39, 0.29) is 5.75 Å². The third-order valence-electron chi connectivity index (χ3n) is 3.27. The zero-order chi connectivity index (χ0) is 16.4. The van der Waals surface area contributed by atoms with E-state index in [2.05, 4.69) is 0 Å². The summed E-state index contributed by atoms with van der Waals surface area (Å²) < 4.78 is 47.7. The standard InChI is InChI=1S/C17H13F3O2S/c1-21-14-5-3-2-4-13(14)16-8-11-6-7-12(9-15(11)23-16)22-10-17(18,19)20/h2-9H,10H2,1H3. The maximum absolute atomic E-state index is 12.2. The molecule has 2 aromatic carbocycles. The van der Waals surface area contributed by atoms with Gasteiger partial charge < -0.3 is 9.47 Å². The van der Waals surface area contributed by atoms with Crippen molar-refractivity contribution in [1.29, 1.82) is 0 Å². The number of fused-ring (bicyclic) bond motifs is 1. The summed E-state index contributed by atoms with van der Waals surface area (Å²) in [6, 6.07) is 14.6. The van der Waals surface area contributed by atoms with Crippen LogP contribution in [0.5, 0.6) is 11.5 Å². The molecule has 0 unspecified atom stereocenters. The van der Waals surface area contributed by atoms with E-state index in [4.69, 9.17) is 9.47 Å². The fraction of sp³-hybridized carbons (Fsp3) is 0.176. The maximum Gasteiger partial charge on any atom is 0.422 e. The highest BCUT2D eigenvalue weighted by molar-refractivity contribution is 7.22. The lowest BCUT2D eigenvalue weighted by atomic mass is 10.1. The number of halogens is 3. The van der Waals surface area contributed by atoms with Crippen molar-refractivity contribution in [3.63, 3.8) is 0 Å². The van der Waals surface area contributed by atoms with Crippen molar-refractivity contribution >= 4 is 21.4 Å². The summed E-state index contributed by atoms with van der Waals surface area (Å²) in [6.45, 7) is -1.29. The molecule has 0 fully saturated rings. The average molecular weight is 338 g/mol. The Morgan fingerprint density at radius 3 is 2.57 bits per heavy atom. The van der Waals surface area contributed by atoms with Crippen molar-refractivity contribution < 1.29 is 22.6 Å². The zero-order valence-electron chi connectivity index (χ0n) is 12.2. The van der Waals surface area contributed by atoms with Gasteiger partial charge in [-0.1, -0.05) is 12.1 Å². The van der Waals surface area contributed by atoms with Crippen LogP contribution in [0.1, 0.15) is 0 Å². The average Bonchev–Trinajstić information content (AvgIpc) is 2.95. The number of alkyl halides is 3. The molecule has 0 radical (unpaired) electrons. The highest BCUT2D eigenvalue weighted by Crippen LogP contribution is 2.39. The van der Waals surface area contributed by atoms with Crippen LogP contribution in [-0.4, -0.2) is 19.9 Å². The van der Waals surface area contributed by atoms with Crippen LogP contribution in [0.4, 0.5) is 13.2 Å². The summed E-state index contributed by atoms with van der Waals surface area (Å²) in [6.07, 6.45) is -4.34. The first-order valence-corrected chi connectivity index (χ1v) is 7.64. The molecule has 1 aromatic heterocycles. The van der Waals surface area contributed by atoms with Crippen molar-refractivity contribution in [3.8, 4) is 21.9 Å². The molecule has 6 heteroatoms. The minimum absolute atomic E-state index is 0.211. The first-order valence-electron chi connectivity index (χ1n) is 6.83. The highest BCUT2D eigenvalue weighted by atomic mass is 32.1. The molecule has 0 atom stereocenters. The third-order valence-corrected chi connectivity index (χ3v) is 4.40. The maximum atomic E-state index is 12.2. The van der Waals surface area contributed by atoms with Gasteiger partial charge in [0.15, 0.2) is 6.61 Å². The van der Waals surface area contributed by atoms with Gasteiger partial charge in [-0.2, -0.15) is 13.2 Å². The van der Waals surface area contributed by atoms with E-state index in [9.17, 15) is 13.2 Å². The van der Waals surface area contributed by atoms with Crippen LogP contribution < -0.4 is 9.47 Å². The number of methoxy groups -OCH3 is 1. The zero-order valence-corrected chi connectivity index (χ0v) is 13.0. The molecule has 23 heavy (non-hydrogen) atoms. The number of ether oxygens (including phenoxy) is 2. The number of hydrogen-bond acceptors (Lipinski definition) is 3. The number of hydrogen-bond donors (Lipinski definition) is 0. The van der Waals surface area contributed by atoms with Gasteiger partial charge in [-0.25, -0.2) is 0 Å². The molecule has 0 bridgehead atoms. The molecule has 0 aliphatic heterocycles. The summed E-state index contributed by atoms with van der Waals surface area (Å²) in [5, 5.41) is 0.954. The van der Waals surface area contributed by atoms with Crippen LogP contribution in [0.2, 0.25) is 0 Å². The summed E-state index contributed by atoms with van der Waals surface area (Å²) in [7, 11) is 1.61. The van der Waals surface area contributed by atoms with Gasteiger partial charge >= 0.3 is 6.18 Å². The van der Waals surface area contributed by atoms with Crippen LogP contribution in [0.25, 0.3) is 20.5 Å². The molecule has 0 amide bonds. The molecule has 0 saturated heterocycles. The number of benzene rings is 2. The quantitative estimate of drug-likeness (QED) is 0.624. The Morgan fingerprint density at radius 1 is 1.04 bits per heavy atom. The predicted octanol–water partition coefficient (Wildman–Crippen LogP) is 5.52.